The number of nitrogens with zero attached hydrogens (tertiary/aromatic N) is 5. The minimum Gasteiger partial charge on any atom is -0.365 e. The molecule has 0 aliphatic carbocycles. The van der Waals surface area contributed by atoms with Gasteiger partial charge < -0.3 is 5.31 Å². The summed E-state index contributed by atoms with van der Waals surface area (Å²) in [5.41, 5.74) is 0.687. The number of aromatic nitrogens is 3. The van der Waals surface area contributed by atoms with Crippen molar-refractivity contribution in [3.63, 3.8) is 0 Å². The average molecular weight is 406 g/mol. The van der Waals surface area contributed by atoms with Crippen molar-refractivity contribution < 1.29 is 8.54 Å². The SMILES string of the molecule is [2H]c1cc(C([2H])N2CCC(N([2H])c3ncnc4sc(Cl)nc34)CC2)cc(C#N)c1F. The molecule has 9 heteroatoms. The molecule has 0 saturated carbocycles. The van der Waals surface area contributed by atoms with Crippen LogP contribution in [-0.2, 0) is 6.52 Å². The number of benzene rings is 1. The molecule has 0 radical (unpaired) electrons. The highest BCUT2D eigenvalue weighted by Crippen LogP contribution is 2.28. The van der Waals surface area contributed by atoms with E-state index in [1.54, 1.807) is 6.07 Å². The molecule has 4 rings (SSSR count). The molecular weight excluding hydrogens is 387 g/mol. The number of hydrogen-bond donors (Lipinski definition) is 1. The van der Waals surface area contributed by atoms with Gasteiger partial charge in [0.05, 0.1) is 6.93 Å². The van der Waals surface area contributed by atoms with Crippen LogP contribution in [0.5, 0.6) is 0 Å². The highest BCUT2D eigenvalue weighted by Gasteiger charge is 2.21. The van der Waals surface area contributed by atoms with Crippen LogP contribution >= 0.6 is 22.9 Å². The predicted molar refractivity (Wildman–Crippen MR) is 103 cm³/mol. The first-order chi connectivity index (χ1) is 14.4. The quantitative estimate of drug-likeness (QED) is 0.710. The normalized spacial score (nSPS) is 18.5. The smallest absolute Gasteiger partial charge is 0.186 e. The van der Waals surface area contributed by atoms with E-state index in [0.29, 0.717) is 52.1 Å². The third kappa shape index (κ3) is 4.00. The standard InChI is InChI=1S/C18H16ClFN6S/c19-18-25-15-16(22-10-23-17(15)27-18)24-13-3-5-26(6-4-13)9-11-1-2-14(20)12(7-11)8-21/h1-2,7,10,13H,3-6,9H2,(H,22,23,24)/i2D,9D/hD. The average Bonchev–Trinajstić information content (AvgIpc) is 3.14. The first kappa shape index (κ1) is 14.7. The van der Waals surface area contributed by atoms with Crippen LogP contribution in [0.4, 0.5) is 10.2 Å². The van der Waals surface area contributed by atoms with Crippen molar-refractivity contribution in [2.75, 3.05) is 18.4 Å². The molecule has 1 unspecified atom stereocenters. The Bertz CT molecular complexity index is 1130. The number of hydrogen-bond acceptors (Lipinski definition) is 7. The van der Waals surface area contributed by atoms with Crippen molar-refractivity contribution in [3.8, 4) is 6.07 Å². The molecule has 1 aromatic carbocycles. The molecule has 1 aliphatic rings. The lowest BCUT2D eigenvalue weighted by molar-refractivity contribution is 0.211. The Morgan fingerprint density at radius 2 is 2.33 bits per heavy atom. The van der Waals surface area contributed by atoms with Gasteiger partial charge in [0.15, 0.2) is 11.7 Å². The Hall–Kier alpha value is -2.34. The number of anilines is 1. The Balaban J connectivity index is 1.47. The molecule has 27 heavy (non-hydrogen) atoms. The van der Waals surface area contributed by atoms with E-state index >= 15 is 0 Å². The van der Waals surface area contributed by atoms with E-state index in [-0.39, 0.29) is 17.6 Å². The molecule has 0 bridgehead atoms. The van der Waals surface area contributed by atoms with Crippen molar-refractivity contribution >= 4 is 39.1 Å². The van der Waals surface area contributed by atoms with Crippen LogP contribution in [0, 0.1) is 17.1 Å². The molecule has 1 saturated heterocycles. The maximum absolute atomic E-state index is 13.8. The zero-order valence-corrected chi connectivity index (χ0v) is 15.6. The molecule has 3 aromatic rings. The Kier molecular flexibility index (Phi) is 4.20. The van der Waals surface area contributed by atoms with Gasteiger partial charge in [0, 0.05) is 27.0 Å². The fraction of sp³-hybridized carbons (Fsp3) is 0.333. The van der Waals surface area contributed by atoms with Gasteiger partial charge >= 0.3 is 0 Å². The number of fused-ring (bicyclic) bond motifs is 1. The number of piperidine rings is 1. The lowest BCUT2D eigenvalue weighted by atomic mass is 10.0. The molecule has 0 amide bonds. The summed E-state index contributed by atoms with van der Waals surface area (Å²) in [6.45, 7) is 0.254. The third-order valence-electron chi connectivity index (χ3n) is 4.32. The summed E-state index contributed by atoms with van der Waals surface area (Å²) < 4.78 is 38.8. The molecular formula is C18H16ClFN6S. The maximum Gasteiger partial charge on any atom is 0.186 e. The van der Waals surface area contributed by atoms with Gasteiger partial charge in [-0.05, 0) is 30.5 Å². The molecule has 1 atom stereocenters. The van der Waals surface area contributed by atoms with Gasteiger partial charge in [0.1, 0.15) is 28.6 Å². The second kappa shape index (κ2) is 7.72. The highest BCUT2D eigenvalue weighted by atomic mass is 35.5. The van der Waals surface area contributed by atoms with Crippen LogP contribution in [0.25, 0.3) is 10.3 Å². The lowest BCUT2D eigenvalue weighted by Gasteiger charge is -2.32. The third-order valence-corrected chi connectivity index (χ3v) is 5.39. The fourth-order valence-corrected chi connectivity index (χ4v) is 3.92. The Morgan fingerprint density at radius 3 is 3.11 bits per heavy atom. The number of thiazole rings is 1. The largest absolute Gasteiger partial charge is 0.365 e. The van der Waals surface area contributed by atoms with E-state index in [1.807, 2.05) is 4.90 Å². The zero-order chi connectivity index (χ0) is 21.4. The fourth-order valence-electron chi connectivity index (χ4n) is 2.99. The number of nitrogens with one attached hydrogen (secondary N) is 1. The van der Waals surface area contributed by atoms with Crippen LogP contribution < -0.4 is 5.31 Å². The monoisotopic (exact) mass is 405 g/mol. The molecule has 138 valence electrons. The second-order valence-electron chi connectivity index (χ2n) is 6.12. The van der Waals surface area contributed by atoms with E-state index in [4.69, 9.17) is 21.0 Å². The minimum atomic E-state index is -0.865. The van der Waals surface area contributed by atoms with Gasteiger partial charge in [-0.25, -0.2) is 19.3 Å². The van der Waals surface area contributed by atoms with Crippen molar-refractivity contribution in [1.29, 1.82) is 5.26 Å². The van der Waals surface area contributed by atoms with E-state index < -0.39 is 12.3 Å². The van der Waals surface area contributed by atoms with Crippen molar-refractivity contribution in [2.24, 2.45) is 0 Å². The number of likely N-dealkylation sites (tertiary alicyclic amines) is 1. The van der Waals surface area contributed by atoms with E-state index in [0.717, 1.165) is 0 Å². The molecule has 2 aromatic heterocycles. The molecule has 0 spiro atoms. The molecule has 3 heterocycles. The van der Waals surface area contributed by atoms with E-state index in [9.17, 15) is 4.39 Å². The van der Waals surface area contributed by atoms with Crippen LogP contribution in [-0.4, -0.2) is 39.0 Å². The van der Waals surface area contributed by atoms with E-state index in [1.165, 1.54) is 35.1 Å². The summed E-state index contributed by atoms with van der Waals surface area (Å²) in [7, 11) is 0. The first-order valence-corrected chi connectivity index (χ1v) is 9.50. The molecule has 6 nitrogen and oxygen atoms in total. The zero-order valence-electron chi connectivity index (χ0n) is 17.1. The van der Waals surface area contributed by atoms with Gasteiger partial charge in [0.2, 0.25) is 0 Å². The van der Waals surface area contributed by atoms with E-state index in [2.05, 4.69) is 15.0 Å². The highest BCUT2D eigenvalue weighted by molar-refractivity contribution is 7.21. The van der Waals surface area contributed by atoms with Gasteiger partial charge in [0.25, 0.3) is 0 Å². The van der Waals surface area contributed by atoms with Crippen LogP contribution in [0.15, 0.2) is 24.5 Å². The van der Waals surface area contributed by atoms with Crippen LogP contribution in [0.1, 0.15) is 26.7 Å². The maximum atomic E-state index is 13.8. The number of rotatable bonds is 4. The van der Waals surface area contributed by atoms with Crippen molar-refractivity contribution in [3.05, 3.63) is 45.9 Å². The van der Waals surface area contributed by atoms with Gasteiger partial charge in [-0.15, -0.1) is 0 Å². The molecule has 1 aliphatic heterocycles. The van der Waals surface area contributed by atoms with Crippen LogP contribution in [0.2, 0.25) is 5.88 Å². The number of halogens is 2. The predicted octanol–water partition coefficient (Wildman–Crippen LogP) is 3.83. The topological polar surface area (TPSA) is 77.7 Å². The van der Waals surface area contributed by atoms with Gasteiger partial charge in [-0.3, -0.25) is 4.90 Å². The second-order valence-corrected chi connectivity index (χ2v) is 7.68. The summed E-state index contributed by atoms with van der Waals surface area (Å²) in [5, 5.41) is 10.4. The summed E-state index contributed by atoms with van der Waals surface area (Å²) in [6.07, 6.45) is 2.62. The minimum absolute atomic E-state index is 0.123. The van der Waals surface area contributed by atoms with Gasteiger partial charge in [-0.1, -0.05) is 29.0 Å². The first-order valence-electron chi connectivity index (χ1n) is 9.83. The molecule has 1 fully saturated rings. The Labute approximate surface area is 168 Å². The lowest BCUT2D eigenvalue weighted by Crippen LogP contribution is -2.38. The van der Waals surface area contributed by atoms with Gasteiger partial charge in [-0.2, -0.15) is 5.26 Å². The summed E-state index contributed by atoms with van der Waals surface area (Å²) in [6, 6.07) is 3.85. The van der Waals surface area contributed by atoms with Crippen molar-refractivity contribution in [2.45, 2.75) is 25.4 Å². The summed E-state index contributed by atoms with van der Waals surface area (Å²) in [5.74, 6) is -0.463. The number of nitriles is 1. The summed E-state index contributed by atoms with van der Waals surface area (Å²) in [4.78, 5) is 15.1. The Morgan fingerprint density at radius 1 is 1.52 bits per heavy atom. The summed E-state index contributed by atoms with van der Waals surface area (Å²) >= 11 is 7.21. The van der Waals surface area contributed by atoms with Crippen molar-refractivity contribution in [1.82, 2.24) is 19.9 Å². The van der Waals surface area contributed by atoms with Crippen LogP contribution in [0.3, 0.4) is 0 Å². The molecule has 1 N–H and O–H groups in total.